The normalized spacial score (nSPS) is 14.7. The third-order valence-electron chi connectivity index (χ3n) is 19.1. The van der Waals surface area contributed by atoms with Gasteiger partial charge in [-0.1, -0.05) is 249 Å². The van der Waals surface area contributed by atoms with Gasteiger partial charge in [0, 0.05) is 39.2 Å². The summed E-state index contributed by atoms with van der Waals surface area (Å²) in [6.45, 7) is 0. The molecule has 13 aromatic rings. The van der Waals surface area contributed by atoms with Gasteiger partial charge in [-0.25, -0.2) is 0 Å². The van der Waals surface area contributed by atoms with E-state index in [0.29, 0.717) is 0 Å². The average Bonchev–Trinajstić information content (AvgIpc) is 1.94. The molecule has 18 rings (SSSR count). The third-order valence-corrected chi connectivity index (χ3v) is 19.1. The van der Waals surface area contributed by atoms with Crippen molar-refractivity contribution in [2.75, 3.05) is 4.90 Å². The Balaban J connectivity index is 0.910. The van der Waals surface area contributed by atoms with Crippen molar-refractivity contribution in [1.82, 2.24) is 0 Å². The van der Waals surface area contributed by atoms with Crippen LogP contribution in [0.15, 0.2) is 309 Å². The van der Waals surface area contributed by atoms with Gasteiger partial charge >= 0.3 is 0 Å². The first-order chi connectivity index (χ1) is 41.7. The molecule has 0 radical (unpaired) electrons. The molecule has 0 saturated carbocycles. The van der Waals surface area contributed by atoms with Crippen LogP contribution in [0.1, 0.15) is 66.8 Å². The van der Waals surface area contributed by atoms with Crippen molar-refractivity contribution in [3.05, 3.63) is 376 Å². The minimum atomic E-state index is -0.668. The highest BCUT2D eigenvalue weighted by molar-refractivity contribution is 5.98. The van der Waals surface area contributed by atoms with Crippen molar-refractivity contribution in [3.8, 4) is 67.5 Å². The summed E-state index contributed by atoms with van der Waals surface area (Å²) in [4.78, 5) is 2.53. The van der Waals surface area contributed by atoms with Crippen molar-refractivity contribution >= 4 is 17.1 Å². The molecule has 0 bridgehead atoms. The summed E-state index contributed by atoms with van der Waals surface area (Å²) in [7, 11) is 0. The van der Waals surface area contributed by atoms with E-state index in [9.17, 15) is 0 Å². The molecule has 13 aromatic carbocycles. The summed E-state index contributed by atoms with van der Waals surface area (Å²) in [5, 5.41) is 0. The lowest BCUT2D eigenvalue weighted by Crippen LogP contribution is -2.32. The van der Waals surface area contributed by atoms with Crippen LogP contribution in [0.25, 0.3) is 44.5 Å². The molecule has 2 spiro atoms. The molecule has 0 amide bonds. The number of benzene rings is 13. The van der Waals surface area contributed by atoms with Gasteiger partial charge in [0.2, 0.25) is 0 Å². The number of rotatable bonds is 6. The SMILES string of the molecule is c1ccc(C2(c3ccccc3)c3ccccc3-c3ccc(-c4ccccc4N(c4ccc5c(c4)-c4ccccc4C54c5ccccc5Oc5ccccc54)c4ccc5c(c4)C4(c6ccccc6Oc6ccccc64)c4ccccc4-5)cc32)cc1. The van der Waals surface area contributed by atoms with Gasteiger partial charge in [0.15, 0.2) is 0 Å². The molecule has 84 heavy (non-hydrogen) atoms. The van der Waals surface area contributed by atoms with E-state index in [-0.39, 0.29) is 0 Å². The molecule has 3 aliphatic carbocycles. The second-order valence-corrected chi connectivity index (χ2v) is 22.9. The van der Waals surface area contributed by atoms with Crippen LogP contribution in [0.4, 0.5) is 17.1 Å². The van der Waals surface area contributed by atoms with Crippen LogP contribution in [0.3, 0.4) is 0 Å². The molecule has 3 nitrogen and oxygen atoms in total. The number of ether oxygens (including phenoxy) is 2. The number of hydrogen-bond donors (Lipinski definition) is 0. The van der Waals surface area contributed by atoms with E-state index in [1.807, 2.05) is 0 Å². The van der Waals surface area contributed by atoms with Crippen LogP contribution in [0.2, 0.25) is 0 Å². The largest absolute Gasteiger partial charge is 0.457 e. The first-order valence-corrected chi connectivity index (χ1v) is 29.1. The van der Waals surface area contributed by atoms with Gasteiger partial charge in [0.1, 0.15) is 23.0 Å². The summed E-state index contributed by atoms with van der Waals surface area (Å²) in [6.07, 6.45) is 0. The van der Waals surface area contributed by atoms with E-state index in [0.717, 1.165) is 73.4 Å². The lowest BCUT2D eigenvalue weighted by molar-refractivity contribution is 0.436. The molecule has 0 aromatic heterocycles. The molecule has 0 saturated heterocycles. The molecule has 3 heteroatoms. The minimum absolute atomic E-state index is 0.566. The van der Waals surface area contributed by atoms with Crippen molar-refractivity contribution in [3.63, 3.8) is 0 Å². The topological polar surface area (TPSA) is 21.7 Å². The number of nitrogens with zero attached hydrogens (tertiary/aromatic N) is 1. The van der Waals surface area contributed by atoms with Crippen LogP contribution >= 0.6 is 0 Å². The fourth-order valence-electron chi connectivity index (χ4n) is 15.9. The van der Waals surface area contributed by atoms with Gasteiger partial charge in [-0.2, -0.15) is 0 Å². The Morgan fingerprint density at radius 2 is 0.560 bits per heavy atom. The Labute approximate surface area is 488 Å². The summed E-state index contributed by atoms with van der Waals surface area (Å²) >= 11 is 0. The number of hydrogen-bond acceptors (Lipinski definition) is 3. The van der Waals surface area contributed by atoms with Crippen LogP contribution in [-0.4, -0.2) is 0 Å². The summed E-state index contributed by atoms with van der Waals surface area (Å²) < 4.78 is 13.6. The highest BCUT2D eigenvalue weighted by Crippen LogP contribution is 2.66. The van der Waals surface area contributed by atoms with Gasteiger partial charge in [0.25, 0.3) is 0 Å². The molecule has 0 fully saturated rings. The Bertz CT molecular complexity index is 4750. The zero-order valence-corrected chi connectivity index (χ0v) is 45.7. The maximum atomic E-state index is 6.84. The molecule has 2 aliphatic heterocycles. The zero-order valence-electron chi connectivity index (χ0n) is 45.7. The van der Waals surface area contributed by atoms with Crippen LogP contribution in [0, 0.1) is 0 Å². The van der Waals surface area contributed by atoms with E-state index < -0.39 is 16.2 Å². The highest BCUT2D eigenvalue weighted by atomic mass is 16.5. The van der Waals surface area contributed by atoms with Crippen molar-refractivity contribution in [2.45, 2.75) is 16.2 Å². The summed E-state index contributed by atoms with van der Waals surface area (Å²) in [5.74, 6) is 3.50. The van der Waals surface area contributed by atoms with E-state index in [1.54, 1.807) is 0 Å². The zero-order chi connectivity index (χ0) is 55.1. The summed E-state index contributed by atoms with van der Waals surface area (Å²) in [6, 6.07) is 115. The first kappa shape index (κ1) is 47.0. The Kier molecular flexibility index (Phi) is 9.86. The van der Waals surface area contributed by atoms with Crippen molar-refractivity contribution in [2.24, 2.45) is 0 Å². The van der Waals surface area contributed by atoms with Gasteiger partial charge in [-0.3, -0.25) is 0 Å². The van der Waals surface area contributed by atoms with Gasteiger partial charge in [0.05, 0.1) is 21.9 Å². The lowest BCUT2D eigenvalue weighted by atomic mass is 9.66. The minimum Gasteiger partial charge on any atom is -0.457 e. The maximum Gasteiger partial charge on any atom is 0.132 e. The Morgan fingerprint density at radius 3 is 1.08 bits per heavy atom. The number of anilines is 3. The van der Waals surface area contributed by atoms with Gasteiger partial charge in [-0.15, -0.1) is 0 Å². The standard InChI is InChI=1S/C81H51NO2/c1-3-23-53(24-4-1)79(54-25-5-2-6-26-54)64-31-11-7-28-58(64)61-46-43-52(49-72(61)79)57-27-10-18-38-74(57)82(55-45-48-67-63(50-55)60-30-9-13-33-66(60)80(67)68-34-14-19-39-75(68)83-76-40-20-15-35-69(76)80)56-44-47-62-59-29-8-12-32-65(59)81(73(62)51-56)70-36-16-21-41-77(70)84-78-42-22-17-37-71(78)81/h1-51H. The second kappa shape index (κ2) is 17.6. The molecule has 0 unspecified atom stereocenters. The van der Waals surface area contributed by atoms with E-state index >= 15 is 0 Å². The van der Waals surface area contributed by atoms with E-state index in [4.69, 9.17) is 9.47 Å². The molecule has 0 N–H and O–H groups in total. The fraction of sp³-hybridized carbons (Fsp3) is 0.0370. The maximum absolute atomic E-state index is 6.84. The van der Waals surface area contributed by atoms with Gasteiger partial charge < -0.3 is 14.4 Å². The van der Waals surface area contributed by atoms with Crippen molar-refractivity contribution in [1.29, 1.82) is 0 Å². The predicted molar refractivity (Wildman–Crippen MR) is 339 cm³/mol. The van der Waals surface area contributed by atoms with E-state index in [2.05, 4.69) is 314 Å². The molecule has 2 heterocycles. The van der Waals surface area contributed by atoms with Gasteiger partial charge in [-0.05, 0) is 144 Å². The van der Waals surface area contributed by atoms with Crippen LogP contribution in [-0.2, 0) is 16.2 Å². The van der Waals surface area contributed by atoms with Crippen LogP contribution in [0.5, 0.6) is 23.0 Å². The third kappa shape index (κ3) is 6.09. The second-order valence-electron chi connectivity index (χ2n) is 22.9. The molecule has 5 aliphatic rings. The Morgan fingerprint density at radius 1 is 0.214 bits per heavy atom. The Hall–Kier alpha value is -10.7. The summed E-state index contributed by atoms with van der Waals surface area (Å²) in [5.41, 5.74) is 25.5. The molecule has 0 atom stereocenters. The smallest absolute Gasteiger partial charge is 0.132 e. The van der Waals surface area contributed by atoms with E-state index in [1.165, 1.54) is 77.9 Å². The number of para-hydroxylation sites is 5. The van der Waals surface area contributed by atoms with Crippen LogP contribution < -0.4 is 14.4 Å². The predicted octanol–water partition coefficient (Wildman–Crippen LogP) is 20.1. The molecule has 392 valence electrons. The molecular weight excluding hydrogens is 1020 g/mol. The molecular formula is C81H51NO2. The number of fused-ring (bicyclic) bond motifs is 21. The van der Waals surface area contributed by atoms with Crippen molar-refractivity contribution < 1.29 is 9.47 Å². The lowest BCUT2D eigenvalue weighted by Gasteiger charge is -2.40. The first-order valence-electron chi connectivity index (χ1n) is 29.1. The quantitative estimate of drug-likeness (QED) is 0.166. The fourth-order valence-corrected chi connectivity index (χ4v) is 15.9. The highest BCUT2D eigenvalue weighted by Gasteiger charge is 2.53. The monoisotopic (exact) mass is 1070 g/mol. The average molecular weight is 1070 g/mol.